The molecule has 0 spiro atoms. The molecular weight excluding hydrogens is 333 g/mol. The fourth-order valence-electron chi connectivity index (χ4n) is 1.95. The summed E-state index contributed by atoms with van der Waals surface area (Å²) in [6, 6.07) is -0.114. The largest absolute Gasteiger partial charge is 0.419 e. The van der Waals surface area contributed by atoms with Crippen molar-refractivity contribution in [1.82, 2.24) is 14.3 Å². The molecule has 1 saturated heterocycles. The number of anilines is 1. The number of nitrogens with zero attached hydrogens (tertiary/aromatic N) is 3. The monoisotopic (exact) mass is 344 g/mol. The van der Waals surface area contributed by atoms with Crippen molar-refractivity contribution in [1.29, 1.82) is 0 Å². The maximum atomic E-state index is 12.4. The van der Waals surface area contributed by atoms with Crippen LogP contribution in [0.2, 0.25) is 0 Å². The summed E-state index contributed by atoms with van der Waals surface area (Å²) in [7, 11) is 1.50. The van der Waals surface area contributed by atoms with Gasteiger partial charge in [0.05, 0.1) is 5.56 Å². The fourth-order valence-corrected chi connectivity index (χ4v) is 3.01. The molecule has 0 unspecified atom stereocenters. The van der Waals surface area contributed by atoms with Gasteiger partial charge in [0, 0.05) is 42.2 Å². The summed E-state index contributed by atoms with van der Waals surface area (Å²) >= 11 is 0. The van der Waals surface area contributed by atoms with Gasteiger partial charge in [-0.1, -0.05) is 0 Å². The molecule has 0 aliphatic carbocycles. The Labute approximate surface area is 123 Å². The van der Waals surface area contributed by atoms with Gasteiger partial charge in [-0.15, -0.1) is 0 Å². The second kappa shape index (κ2) is 5.93. The molecule has 2 heterocycles. The Bertz CT molecular complexity index is 585. The van der Waals surface area contributed by atoms with Crippen LogP contribution in [0.25, 0.3) is 0 Å². The highest BCUT2D eigenvalue weighted by Crippen LogP contribution is 2.28. The average molecular weight is 345 g/mol. The zero-order valence-electron chi connectivity index (χ0n) is 10.6. The van der Waals surface area contributed by atoms with Crippen molar-refractivity contribution < 1.29 is 21.6 Å². The number of hydrogen-bond donors (Lipinski definition) is 1. The topological polar surface area (TPSA) is 75.2 Å². The molecule has 0 aromatic carbocycles. The maximum absolute atomic E-state index is 12.4. The van der Waals surface area contributed by atoms with E-state index in [0.717, 1.165) is 4.31 Å². The minimum absolute atomic E-state index is 0.0789. The molecule has 0 bridgehead atoms. The van der Waals surface area contributed by atoms with Crippen LogP contribution in [-0.2, 0) is 15.4 Å². The van der Waals surface area contributed by atoms with Crippen LogP contribution in [0.15, 0.2) is 12.4 Å². The summed E-state index contributed by atoms with van der Waals surface area (Å²) in [5.41, 5.74) is -0.920. The first-order chi connectivity index (χ1) is 9.66. The maximum Gasteiger partial charge on any atom is 0.419 e. The number of rotatable bonds is 3. The summed E-state index contributed by atoms with van der Waals surface area (Å²) in [6.45, 7) is 0.480. The van der Waals surface area contributed by atoms with Gasteiger partial charge in [0.25, 0.3) is 9.24 Å². The van der Waals surface area contributed by atoms with E-state index in [2.05, 4.69) is 15.3 Å². The van der Waals surface area contributed by atoms with Crippen molar-refractivity contribution in [2.75, 3.05) is 18.4 Å². The SMILES string of the molecule is O=S(=O)(Cl)N1CCC(Nc2ncc(C(F)(F)F)cn2)CC1. The van der Waals surface area contributed by atoms with Crippen LogP contribution in [0.1, 0.15) is 18.4 Å². The van der Waals surface area contributed by atoms with Gasteiger partial charge in [0.15, 0.2) is 0 Å². The fraction of sp³-hybridized carbons (Fsp3) is 0.600. The molecule has 0 radical (unpaired) electrons. The second-order valence-electron chi connectivity index (χ2n) is 4.55. The van der Waals surface area contributed by atoms with Gasteiger partial charge in [0.2, 0.25) is 5.95 Å². The number of hydrogen-bond acceptors (Lipinski definition) is 5. The Hall–Kier alpha value is -1.13. The molecule has 1 aliphatic rings. The molecule has 1 aliphatic heterocycles. The molecule has 1 aromatic heterocycles. The summed E-state index contributed by atoms with van der Waals surface area (Å²) in [4.78, 5) is 7.21. The van der Waals surface area contributed by atoms with Crippen molar-refractivity contribution in [2.24, 2.45) is 0 Å². The Morgan fingerprint density at radius 2 is 1.76 bits per heavy atom. The standard InChI is InChI=1S/C10H12ClF3N4O2S/c11-21(19,20)18-3-1-8(2-4-18)17-9-15-5-7(6-16-9)10(12,13)14/h5-6,8H,1-4H2,(H,15,16,17). The van der Waals surface area contributed by atoms with E-state index in [1.165, 1.54) is 0 Å². The molecule has 6 nitrogen and oxygen atoms in total. The van der Waals surface area contributed by atoms with Crippen molar-refractivity contribution >= 4 is 25.9 Å². The number of piperidine rings is 1. The molecule has 0 amide bonds. The van der Waals surface area contributed by atoms with Gasteiger partial charge in [-0.3, -0.25) is 0 Å². The zero-order valence-corrected chi connectivity index (χ0v) is 12.2. The van der Waals surface area contributed by atoms with Gasteiger partial charge in [0.1, 0.15) is 0 Å². The highest BCUT2D eigenvalue weighted by molar-refractivity contribution is 8.11. The molecule has 1 fully saturated rings. The van der Waals surface area contributed by atoms with Crippen LogP contribution < -0.4 is 5.32 Å². The van der Waals surface area contributed by atoms with Crippen LogP contribution in [-0.4, -0.2) is 41.8 Å². The third kappa shape index (κ3) is 4.42. The van der Waals surface area contributed by atoms with E-state index in [0.29, 0.717) is 25.2 Å². The Morgan fingerprint density at radius 3 is 2.19 bits per heavy atom. The van der Waals surface area contributed by atoms with Crippen molar-refractivity contribution in [2.45, 2.75) is 25.1 Å². The minimum atomic E-state index is -4.47. The molecule has 1 N–H and O–H groups in total. The van der Waals surface area contributed by atoms with E-state index >= 15 is 0 Å². The van der Waals surface area contributed by atoms with Crippen molar-refractivity contribution in [3.63, 3.8) is 0 Å². The van der Waals surface area contributed by atoms with Crippen LogP contribution in [0.3, 0.4) is 0 Å². The van der Waals surface area contributed by atoms with Crippen molar-refractivity contribution in [3.05, 3.63) is 18.0 Å². The molecule has 1 aromatic rings. The highest BCUT2D eigenvalue weighted by Gasteiger charge is 2.31. The molecule has 0 atom stereocenters. The molecular formula is C10H12ClF3N4O2S. The quantitative estimate of drug-likeness (QED) is 0.847. The third-order valence-electron chi connectivity index (χ3n) is 3.07. The lowest BCUT2D eigenvalue weighted by Gasteiger charge is -2.29. The predicted molar refractivity (Wildman–Crippen MR) is 70.0 cm³/mol. The van der Waals surface area contributed by atoms with Gasteiger partial charge < -0.3 is 5.32 Å². The Kier molecular flexibility index (Phi) is 4.59. The molecule has 118 valence electrons. The molecule has 2 rings (SSSR count). The summed E-state index contributed by atoms with van der Waals surface area (Å²) in [5.74, 6) is 0.0789. The lowest BCUT2D eigenvalue weighted by atomic mass is 10.1. The summed E-state index contributed by atoms with van der Waals surface area (Å²) in [5, 5.41) is 2.88. The first-order valence-electron chi connectivity index (χ1n) is 6.02. The predicted octanol–water partition coefficient (Wildman–Crippen LogP) is 1.86. The van der Waals surface area contributed by atoms with Gasteiger partial charge >= 0.3 is 6.18 Å². The molecule has 0 saturated carbocycles. The third-order valence-corrected chi connectivity index (χ3v) is 4.64. The van der Waals surface area contributed by atoms with Crippen LogP contribution in [0, 0.1) is 0 Å². The van der Waals surface area contributed by atoms with Crippen LogP contribution >= 0.6 is 10.7 Å². The molecule has 21 heavy (non-hydrogen) atoms. The van der Waals surface area contributed by atoms with Gasteiger partial charge in [-0.05, 0) is 12.8 Å². The number of halogens is 4. The first kappa shape index (κ1) is 16.2. The van der Waals surface area contributed by atoms with Gasteiger partial charge in [-0.2, -0.15) is 25.9 Å². The van der Waals surface area contributed by atoms with E-state index in [1.807, 2.05) is 0 Å². The number of nitrogens with one attached hydrogen (secondary N) is 1. The first-order valence-corrected chi connectivity index (χ1v) is 8.28. The molecule has 11 heteroatoms. The second-order valence-corrected chi connectivity index (χ2v) is 7.06. The van der Waals surface area contributed by atoms with E-state index in [4.69, 9.17) is 10.7 Å². The number of alkyl halides is 3. The average Bonchev–Trinajstić information content (AvgIpc) is 2.38. The van der Waals surface area contributed by atoms with Crippen molar-refractivity contribution in [3.8, 4) is 0 Å². The summed E-state index contributed by atoms with van der Waals surface area (Å²) in [6.07, 6.45) is -2.13. The minimum Gasteiger partial charge on any atom is -0.351 e. The van der Waals surface area contributed by atoms with E-state index < -0.39 is 21.0 Å². The highest BCUT2D eigenvalue weighted by atomic mass is 35.7. The number of aromatic nitrogens is 2. The van der Waals surface area contributed by atoms with E-state index in [1.54, 1.807) is 0 Å². The van der Waals surface area contributed by atoms with E-state index in [-0.39, 0.29) is 25.1 Å². The lowest BCUT2D eigenvalue weighted by Crippen LogP contribution is -2.40. The Morgan fingerprint density at radius 1 is 1.24 bits per heavy atom. The smallest absolute Gasteiger partial charge is 0.351 e. The van der Waals surface area contributed by atoms with E-state index in [9.17, 15) is 21.6 Å². The van der Waals surface area contributed by atoms with Gasteiger partial charge in [-0.25, -0.2) is 9.97 Å². The zero-order chi connectivity index (χ0) is 15.7. The van der Waals surface area contributed by atoms with Crippen LogP contribution in [0.4, 0.5) is 19.1 Å². The summed E-state index contributed by atoms with van der Waals surface area (Å²) < 4.78 is 60.5. The normalized spacial score (nSPS) is 18.7. The lowest BCUT2D eigenvalue weighted by molar-refractivity contribution is -0.138. The van der Waals surface area contributed by atoms with Crippen LogP contribution in [0.5, 0.6) is 0 Å². The Balaban J connectivity index is 1.92.